The van der Waals surface area contributed by atoms with Crippen molar-refractivity contribution in [2.75, 3.05) is 0 Å². The zero-order valence-electron chi connectivity index (χ0n) is 14.9. The monoisotopic (exact) mass is 460 g/mol. The van der Waals surface area contributed by atoms with Gasteiger partial charge in [0.2, 0.25) is 0 Å². The van der Waals surface area contributed by atoms with Gasteiger partial charge in [0.05, 0.1) is 10.7 Å². The lowest BCUT2D eigenvalue weighted by Crippen LogP contribution is -2.40. The van der Waals surface area contributed by atoms with E-state index in [-0.39, 0.29) is 0 Å². The van der Waals surface area contributed by atoms with E-state index in [0.717, 1.165) is 20.7 Å². The number of carbonyl (C=O) groups is 2. The molecule has 0 aliphatic heterocycles. The van der Waals surface area contributed by atoms with Gasteiger partial charge in [-0.2, -0.15) is 0 Å². The number of benzene rings is 1. The molecule has 0 fully saturated rings. The molecule has 7 nitrogen and oxygen atoms in total. The van der Waals surface area contributed by atoms with E-state index < -0.39 is 11.8 Å². The molecule has 2 amide bonds. The molecule has 0 saturated heterocycles. The lowest BCUT2D eigenvalue weighted by molar-refractivity contribution is -0.117. The number of aromatic amines is 1. The van der Waals surface area contributed by atoms with Crippen LogP contribution in [0.5, 0.6) is 5.75 Å². The number of halogens is 1. The van der Waals surface area contributed by atoms with Crippen LogP contribution in [-0.4, -0.2) is 21.8 Å². The third kappa shape index (κ3) is 5.80. The molecule has 3 N–H and O–H groups in total. The summed E-state index contributed by atoms with van der Waals surface area (Å²) in [6.07, 6.45) is 4.58. The van der Waals surface area contributed by atoms with E-state index in [9.17, 15) is 9.59 Å². The predicted molar refractivity (Wildman–Crippen MR) is 111 cm³/mol. The van der Waals surface area contributed by atoms with Gasteiger partial charge in [-0.3, -0.25) is 20.4 Å². The quantitative estimate of drug-likeness (QED) is 0.386. The van der Waals surface area contributed by atoms with Crippen molar-refractivity contribution in [3.05, 3.63) is 74.4 Å². The van der Waals surface area contributed by atoms with E-state index in [4.69, 9.17) is 4.74 Å². The summed E-state index contributed by atoms with van der Waals surface area (Å²) >= 11 is 4.82. The van der Waals surface area contributed by atoms with Gasteiger partial charge in [0.25, 0.3) is 11.8 Å². The average molecular weight is 461 g/mol. The minimum atomic E-state index is -0.455. The Morgan fingerprint density at radius 3 is 2.89 bits per heavy atom. The Balaban J connectivity index is 1.50. The summed E-state index contributed by atoms with van der Waals surface area (Å²) in [5, 5.41) is 2.96. The molecule has 0 atom stereocenters. The number of rotatable bonds is 6. The average Bonchev–Trinajstić information content (AvgIpc) is 3.31. The number of amides is 2. The van der Waals surface area contributed by atoms with Crippen LogP contribution in [0.15, 0.2) is 52.5 Å². The second kappa shape index (κ2) is 9.34. The molecule has 28 heavy (non-hydrogen) atoms. The zero-order chi connectivity index (χ0) is 19.9. The fourth-order valence-electron chi connectivity index (χ4n) is 2.24. The molecule has 2 aromatic heterocycles. The molecule has 0 bridgehead atoms. The molecule has 0 saturated carbocycles. The number of hydrazine groups is 1. The summed E-state index contributed by atoms with van der Waals surface area (Å²) in [5.74, 6) is -0.220. The summed E-state index contributed by atoms with van der Waals surface area (Å²) in [5.41, 5.74) is 6.66. The Hall–Kier alpha value is -2.91. The van der Waals surface area contributed by atoms with Crippen LogP contribution < -0.4 is 15.6 Å². The largest absolute Gasteiger partial charge is 0.487 e. The van der Waals surface area contributed by atoms with Crippen molar-refractivity contribution >= 4 is 45.2 Å². The lowest BCUT2D eigenvalue weighted by atomic mass is 10.2. The molecule has 3 aromatic rings. The number of carbonyl (C=O) groups excluding carboxylic acids is 2. The Labute approximate surface area is 173 Å². The molecule has 0 unspecified atom stereocenters. The first kappa shape index (κ1) is 19.8. The number of aromatic nitrogens is 2. The molecule has 144 valence electrons. The maximum absolute atomic E-state index is 11.9. The van der Waals surface area contributed by atoms with Gasteiger partial charge in [0, 0.05) is 22.1 Å². The Morgan fingerprint density at radius 2 is 2.18 bits per heavy atom. The van der Waals surface area contributed by atoms with Crippen molar-refractivity contribution in [2.45, 2.75) is 13.5 Å². The highest BCUT2D eigenvalue weighted by molar-refractivity contribution is 9.10. The molecule has 0 aliphatic rings. The molecule has 0 radical (unpaired) electrons. The second-order valence-corrected chi connectivity index (χ2v) is 7.71. The minimum Gasteiger partial charge on any atom is -0.487 e. The minimum absolute atomic E-state index is 0.330. The number of ether oxygens (including phenoxy) is 1. The highest BCUT2D eigenvalue weighted by atomic mass is 79.9. The first-order valence-electron chi connectivity index (χ1n) is 8.26. The third-order valence-electron chi connectivity index (χ3n) is 3.53. The first-order chi connectivity index (χ1) is 13.5. The summed E-state index contributed by atoms with van der Waals surface area (Å²) in [4.78, 5) is 30.9. The van der Waals surface area contributed by atoms with E-state index in [1.54, 1.807) is 29.7 Å². The fourth-order valence-corrected chi connectivity index (χ4v) is 3.18. The number of thiazole rings is 1. The van der Waals surface area contributed by atoms with Crippen LogP contribution >= 0.6 is 27.3 Å². The fraction of sp³-hybridized carbons (Fsp3) is 0.105. The van der Waals surface area contributed by atoms with Crippen molar-refractivity contribution in [1.29, 1.82) is 0 Å². The zero-order valence-corrected chi connectivity index (χ0v) is 17.3. The molecule has 3 rings (SSSR count). The van der Waals surface area contributed by atoms with Gasteiger partial charge in [-0.1, -0.05) is 12.1 Å². The van der Waals surface area contributed by atoms with Crippen LogP contribution in [0.25, 0.3) is 6.08 Å². The van der Waals surface area contributed by atoms with Crippen LogP contribution in [0.1, 0.15) is 26.8 Å². The lowest BCUT2D eigenvalue weighted by Gasteiger charge is -2.05. The normalized spacial score (nSPS) is 10.8. The Kier molecular flexibility index (Phi) is 6.62. The molecular weight excluding hydrogens is 444 g/mol. The number of hydrogen-bond donors (Lipinski definition) is 3. The van der Waals surface area contributed by atoms with E-state index in [1.807, 2.05) is 36.6 Å². The molecule has 9 heteroatoms. The topological polar surface area (TPSA) is 96.1 Å². The van der Waals surface area contributed by atoms with Gasteiger partial charge in [0.1, 0.15) is 18.1 Å². The van der Waals surface area contributed by atoms with Gasteiger partial charge in [-0.15, -0.1) is 11.3 Å². The van der Waals surface area contributed by atoms with Crippen molar-refractivity contribution in [2.24, 2.45) is 0 Å². The molecule has 0 spiro atoms. The van der Waals surface area contributed by atoms with E-state index >= 15 is 0 Å². The maximum atomic E-state index is 11.9. The van der Waals surface area contributed by atoms with Gasteiger partial charge in [0.15, 0.2) is 0 Å². The van der Waals surface area contributed by atoms with Crippen molar-refractivity contribution in [1.82, 2.24) is 20.8 Å². The summed E-state index contributed by atoms with van der Waals surface area (Å²) in [7, 11) is 0. The van der Waals surface area contributed by atoms with E-state index in [1.165, 1.54) is 6.08 Å². The molecule has 2 heterocycles. The first-order valence-corrected chi connectivity index (χ1v) is 9.93. The van der Waals surface area contributed by atoms with E-state index in [2.05, 4.69) is 36.7 Å². The molecule has 0 aliphatic carbocycles. The third-order valence-corrected chi connectivity index (χ3v) is 4.81. The summed E-state index contributed by atoms with van der Waals surface area (Å²) in [6.45, 7) is 2.34. The standard InChI is InChI=1S/C19H17BrN4O3S/c1-12-22-15(11-28-12)10-27-16-4-2-3-13(7-16)5-6-18(25)23-24-19(26)17-8-14(20)9-21-17/h2-9,11,21H,10H2,1H3,(H,23,25)(H,24,26)/b6-5+. The van der Waals surface area contributed by atoms with Gasteiger partial charge >= 0.3 is 0 Å². The summed E-state index contributed by atoms with van der Waals surface area (Å²) in [6, 6.07) is 8.95. The Morgan fingerprint density at radius 1 is 1.32 bits per heavy atom. The van der Waals surface area contributed by atoms with Gasteiger partial charge < -0.3 is 9.72 Å². The smallest absolute Gasteiger partial charge is 0.286 e. The van der Waals surface area contributed by atoms with Crippen LogP contribution in [0.3, 0.4) is 0 Å². The van der Waals surface area contributed by atoms with Crippen molar-refractivity contribution < 1.29 is 14.3 Å². The van der Waals surface area contributed by atoms with Crippen LogP contribution in [-0.2, 0) is 11.4 Å². The van der Waals surface area contributed by atoms with Gasteiger partial charge in [-0.05, 0) is 52.7 Å². The number of aryl methyl sites for hydroxylation is 1. The maximum Gasteiger partial charge on any atom is 0.286 e. The van der Waals surface area contributed by atoms with E-state index in [0.29, 0.717) is 18.1 Å². The second-order valence-electron chi connectivity index (χ2n) is 5.73. The van der Waals surface area contributed by atoms with Crippen LogP contribution in [0.4, 0.5) is 0 Å². The highest BCUT2D eigenvalue weighted by Gasteiger charge is 2.08. The van der Waals surface area contributed by atoms with Crippen LogP contribution in [0, 0.1) is 6.92 Å². The number of H-pyrrole nitrogens is 1. The van der Waals surface area contributed by atoms with Gasteiger partial charge in [-0.25, -0.2) is 4.98 Å². The number of nitrogens with one attached hydrogen (secondary N) is 3. The molecule has 1 aromatic carbocycles. The Bertz CT molecular complexity index is 1010. The summed E-state index contributed by atoms with van der Waals surface area (Å²) < 4.78 is 6.47. The van der Waals surface area contributed by atoms with Crippen molar-refractivity contribution in [3.63, 3.8) is 0 Å². The van der Waals surface area contributed by atoms with Crippen LogP contribution in [0.2, 0.25) is 0 Å². The van der Waals surface area contributed by atoms with Crippen molar-refractivity contribution in [3.8, 4) is 5.75 Å². The predicted octanol–water partition coefficient (Wildman–Crippen LogP) is 3.60. The number of hydrogen-bond acceptors (Lipinski definition) is 5. The SMILES string of the molecule is Cc1nc(COc2cccc(/C=C/C(=O)NNC(=O)c3cc(Br)c[nH]3)c2)cs1. The highest BCUT2D eigenvalue weighted by Crippen LogP contribution is 2.17. The number of nitrogens with zero attached hydrogens (tertiary/aromatic N) is 1. The molecular formula is C19H17BrN4O3S.